The molecular weight excluding hydrogens is 457 g/mol. The fourth-order valence-corrected chi connectivity index (χ4v) is 2.76. The van der Waals surface area contributed by atoms with Gasteiger partial charge in [0, 0.05) is 27.4 Å². The zero-order chi connectivity index (χ0) is 22.4. The molecule has 0 aliphatic carbocycles. The minimum atomic E-state index is -2.33. The molecule has 0 spiro atoms. The SMILES string of the molecule is CCO[C@H]1O[C@H](COC(C)=O)[C@H](OC(C)=O)[C@@H](OC(C)=O)[C@@H]1NC(=O)C(Cl)(Cl)Cl. The first-order valence-corrected chi connectivity index (χ1v) is 9.62. The summed E-state index contributed by atoms with van der Waals surface area (Å²) in [5, 5.41) is 2.38. The summed E-state index contributed by atoms with van der Waals surface area (Å²) in [5.74, 6) is -3.13. The van der Waals surface area contributed by atoms with E-state index in [0.717, 1.165) is 13.8 Å². The molecule has 1 rings (SSSR count). The van der Waals surface area contributed by atoms with Gasteiger partial charge in [-0.1, -0.05) is 34.8 Å². The third kappa shape index (κ3) is 8.13. The van der Waals surface area contributed by atoms with Gasteiger partial charge in [0.05, 0.1) is 0 Å². The summed E-state index contributed by atoms with van der Waals surface area (Å²) in [6.45, 7) is 4.87. The Morgan fingerprint density at radius 2 is 1.52 bits per heavy atom. The Balaban J connectivity index is 3.31. The van der Waals surface area contributed by atoms with Crippen molar-refractivity contribution in [1.29, 1.82) is 0 Å². The Morgan fingerprint density at radius 1 is 0.966 bits per heavy atom. The van der Waals surface area contributed by atoms with Crippen LogP contribution in [0.15, 0.2) is 0 Å². The third-order valence-electron chi connectivity index (χ3n) is 3.59. The number of carbonyl (C=O) groups excluding carboxylic acids is 4. The largest absolute Gasteiger partial charge is 0.463 e. The molecular formula is C16H22Cl3NO9. The van der Waals surface area contributed by atoms with E-state index in [1.807, 2.05) is 0 Å². The topological polar surface area (TPSA) is 126 Å². The van der Waals surface area contributed by atoms with E-state index in [1.165, 1.54) is 6.92 Å². The molecule has 13 heteroatoms. The van der Waals surface area contributed by atoms with E-state index in [1.54, 1.807) is 6.92 Å². The first-order chi connectivity index (χ1) is 13.4. The van der Waals surface area contributed by atoms with Gasteiger partial charge in [0.15, 0.2) is 18.5 Å². The highest BCUT2D eigenvalue weighted by Gasteiger charge is 2.52. The molecule has 0 radical (unpaired) electrons. The van der Waals surface area contributed by atoms with Crippen LogP contribution in [0.4, 0.5) is 0 Å². The highest BCUT2D eigenvalue weighted by Crippen LogP contribution is 2.31. The number of ether oxygens (including phenoxy) is 5. The lowest BCUT2D eigenvalue weighted by molar-refractivity contribution is -0.276. The average Bonchev–Trinajstić information content (AvgIpc) is 2.56. The van der Waals surface area contributed by atoms with Gasteiger partial charge >= 0.3 is 17.9 Å². The van der Waals surface area contributed by atoms with Gasteiger partial charge in [-0.3, -0.25) is 19.2 Å². The highest BCUT2D eigenvalue weighted by atomic mass is 35.6. The number of esters is 3. The molecule has 1 N–H and O–H groups in total. The van der Waals surface area contributed by atoms with Gasteiger partial charge in [-0.15, -0.1) is 0 Å². The predicted molar refractivity (Wildman–Crippen MR) is 100 cm³/mol. The molecule has 5 atom stereocenters. The minimum Gasteiger partial charge on any atom is -0.463 e. The zero-order valence-corrected chi connectivity index (χ0v) is 18.4. The van der Waals surface area contributed by atoms with E-state index in [9.17, 15) is 19.2 Å². The molecule has 1 saturated heterocycles. The van der Waals surface area contributed by atoms with Crippen molar-refractivity contribution in [2.45, 2.75) is 62.1 Å². The van der Waals surface area contributed by atoms with Crippen molar-refractivity contribution < 1.29 is 42.9 Å². The number of rotatable bonds is 7. The fourth-order valence-electron chi connectivity index (χ4n) is 2.60. The number of nitrogens with one attached hydrogen (secondary N) is 1. The Hall–Kier alpha value is -1.33. The number of halogens is 3. The Kier molecular flexibility index (Phi) is 9.90. The van der Waals surface area contributed by atoms with Gasteiger partial charge in [0.2, 0.25) is 0 Å². The van der Waals surface area contributed by atoms with Crippen molar-refractivity contribution in [2.24, 2.45) is 0 Å². The number of hydrogen-bond donors (Lipinski definition) is 1. The first kappa shape index (κ1) is 25.7. The van der Waals surface area contributed by atoms with Crippen molar-refractivity contribution in [3.05, 3.63) is 0 Å². The van der Waals surface area contributed by atoms with Crippen molar-refractivity contribution in [2.75, 3.05) is 13.2 Å². The predicted octanol–water partition coefficient (Wildman–Crippen LogP) is 1.03. The van der Waals surface area contributed by atoms with Crippen LogP contribution in [0.5, 0.6) is 0 Å². The molecule has 1 aliphatic rings. The highest BCUT2D eigenvalue weighted by molar-refractivity contribution is 6.76. The first-order valence-electron chi connectivity index (χ1n) is 8.49. The van der Waals surface area contributed by atoms with Gasteiger partial charge in [0.1, 0.15) is 18.8 Å². The third-order valence-corrected chi connectivity index (χ3v) is 4.10. The van der Waals surface area contributed by atoms with Crippen molar-refractivity contribution >= 4 is 58.6 Å². The lowest BCUT2D eigenvalue weighted by atomic mass is 9.96. The van der Waals surface area contributed by atoms with E-state index in [-0.39, 0.29) is 13.2 Å². The van der Waals surface area contributed by atoms with Crippen molar-refractivity contribution in [1.82, 2.24) is 5.32 Å². The van der Waals surface area contributed by atoms with E-state index in [0.29, 0.717) is 0 Å². The van der Waals surface area contributed by atoms with Gasteiger partial charge in [-0.05, 0) is 6.92 Å². The van der Waals surface area contributed by atoms with Crippen LogP contribution in [-0.2, 0) is 42.9 Å². The molecule has 1 heterocycles. The van der Waals surface area contributed by atoms with Crippen LogP contribution in [0.25, 0.3) is 0 Å². The second kappa shape index (κ2) is 11.2. The smallest absolute Gasteiger partial charge is 0.303 e. The van der Waals surface area contributed by atoms with E-state index >= 15 is 0 Å². The number of hydrogen-bond acceptors (Lipinski definition) is 9. The Morgan fingerprint density at radius 3 is 1.97 bits per heavy atom. The molecule has 29 heavy (non-hydrogen) atoms. The van der Waals surface area contributed by atoms with Gasteiger partial charge in [0.25, 0.3) is 9.70 Å². The summed E-state index contributed by atoms with van der Waals surface area (Å²) >= 11 is 16.8. The van der Waals surface area contributed by atoms with Crippen LogP contribution >= 0.6 is 34.8 Å². The molecule has 0 saturated carbocycles. The van der Waals surface area contributed by atoms with Crippen molar-refractivity contribution in [3.63, 3.8) is 0 Å². The van der Waals surface area contributed by atoms with Crippen LogP contribution in [0, 0.1) is 0 Å². The molecule has 0 aromatic carbocycles. The van der Waals surface area contributed by atoms with Crippen LogP contribution in [0.1, 0.15) is 27.7 Å². The molecule has 0 bridgehead atoms. The molecule has 10 nitrogen and oxygen atoms in total. The fraction of sp³-hybridized carbons (Fsp3) is 0.750. The van der Waals surface area contributed by atoms with Crippen LogP contribution < -0.4 is 5.32 Å². The summed E-state index contributed by atoms with van der Waals surface area (Å²) in [7, 11) is 0. The Bertz CT molecular complexity index is 625. The van der Waals surface area contributed by atoms with Gasteiger partial charge in [-0.25, -0.2) is 0 Å². The molecule has 1 aliphatic heterocycles. The minimum absolute atomic E-state index is 0.135. The number of amides is 1. The maximum Gasteiger partial charge on any atom is 0.303 e. The summed E-state index contributed by atoms with van der Waals surface area (Å²) in [6.07, 6.45) is -4.82. The lowest BCUT2D eigenvalue weighted by Crippen LogP contribution is -2.67. The van der Waals surface area contributed by atoms with Crippen LogP contribution in [0.3, 0.4) is 0 Å². The average molecular weight is 479 g/mol. The van der Waals surface area contributed by atoms with E-state index in [4.69, 9.17) is 58.5 Å². The van der Waals surface area contributed by atoms with Gasteiger partial charge in [-0.2, -0.15) is 0 Å². The molecule has 166 valence electrons. The summed E-state index contributed by atoms with van der Waals surface area (Å²) in [6, 6.07) is -1.21. The van der Waals surface area contributed by atoms with E-state index < -0.39 is 58.3 Å². The molecule has 0 aromatic heterocycles. The quantitative estimate of drug-likeness (QED) is 0.324. The van der Waals surface area contributed by atoms with E-state index in [2.05, 4.69) is 5.32 Å². The summed E-state index contributed by atoms with van der Waals surface area (Å²) < 4.78 is 24.3. The lowest BCUT2D eigenvalue weighted by Gasteiger charge is -2.45. The maximum absolute atomic E-state index is 12.2. The van der Waals surface area contributed by atoms with Crippen molar-refractivity contribution in [3.8, 4) is 0 Å². The molecule has 0 unspecified atom stereocenters. The van der Waals surface area contributed by atoms with Crippen LogP contribution in [0.2, 0.25) is 0 Å². The monoisotopic (exact) mass is 477 g/mol. The Labute approximate surface area is 182 Å². The standard InChI is InChI=1S/C16H22Cl3NO9/c1-5-25-14-11(20-15(24)16(17,18)19)13(28-9(4)23)12(27-8(3)22)10(29-14)6-26-7(2)21/h10-14H,5-6H2,1-4H3,(H,20,24)/t10-,11+,12+,13+,14+/m1/s1. The molecule has 1 fully saturated rings. The number of alkyl halides is 3. The summed E-state index contributed by atoms with van der Waals surface area (Å²) in [5.41, 5.74) is 0. The normalized spacial score (nSPS) is 26.9. The second-order valence-corrected chi connectivity index (χ2v) is 8.23. The number of carbonyl (C=O) groups is 4. The summed E-state index contributed by atoms with van der Waals surface area (Å²) in [4.78, 5) is 46.7. The maximum atomic E-state index is 12.2. The molecule has 0 aromatic rings. The molecule has 1 amide bonds. The zero-order valence-electron chi connectivity index (χ0n) is 16.1. The van der Waals surface area contributed by atoms with Crippen LogP contribution in [-0.4, -0.2) is 71.5 Å². The van der Waals surface area contributed by atoms with Gasteiger partial charge < -0.3 is 29.0 Å². The second-order valence-electron chi connectivity index (χ2n) is 5.95.